The summed E-state index contributed by atoms with van der Waals surface area (Å²) in [7, 11) is 2.21. The van der Waals surface area contributed by atoms with Crippen LogP contribution >= 0.6 is 0 Å². The van der Waals surface area contributed by atoms with Gasteiger partial charge in [-0.25, -0.2) is 0 Å². The highest BCUT2D eigenvalue weighted by Gasteiger charge is 2.15. The van der Waals surface area contributed by atoms with Crippen molar-refractivity contribution < 1.29 is 0 Å². The van der Waals surface area contributed by atoms with Gasteiger partial charge >= 0.3 is 0 Å². The predicted octanol–water partition coefficient (Wildman–Crippen LogP) is -0.425. The summed E-state index contributed by atoms with van der Waals surface area (Å²) < 4.78 is 0. The molecule has 0 saturated carbocycles. The molecular weight excluding hydrogens is 200 g/mol. The van der Waals surface area contributed by atoms with Crippen LogP contribution in [0.1, 0.15) is 12.8 Å². The Labute approximate surface area is 99.4 Å². The zero-order valence-electron chi connectivity index (χ0n) is 10.5. The molecule has 2 heterocycles. The first-order chi connectivity index (χ1) is 7.84. The Morgan fingerprint density at radius 2 is 1.81 bits per heavy atom. The molecule has 0 bridgehead atoms. The fourth-order valence-electron chi connectivity index (χ4n) is 2.52. The second-order valence-corrected chi connectivity index (χ2v) is 5.12. The van der Waals surface area contributed by atoms with Crippen LogP contribution in [0, 0.1) is 0 Å². The number of likely N-dealkylation sites (N-methyl/N-ethyl adjacent to an activating group) is 1. The second kappa shape index (κ2) is 6.55. The third kappa shape index (κ3) is 4.01. The summed E-state index contributed by atoms with van der Waals surface area (Å²) in [5.41, 5.74) is 0. The fourth-order valence-corrected chi connectivity index (χ4v) is 2.52. The lowest BCUT2D eigenvalue weighted by atomic mass is 10.1. The molecule has 2 fully saturated rings. The molecule has 2 N–H and O–H groups in total. The van der Waals surface area contributed by atoms with Crippen LogP contribution < -0.4 is 10.6 Å². The molecule has 0 spiro atoms. The lowest BCUT2D eigenvalue weighted by molar-refractivity contribution is 0.153. The van der Waals surface area contributed by atoms with Gasteiger partial charge in [0.15, 0.2) is 0 Å². The van der Waals surface area contributed by atoms with Crippen molar-refractivity contribution in [2.45, 2.75) is 18.9 Å². The van der Waals surface area contributed by atoms with Crippen molar-refractivity contribution in [2.75, 3.05) is 59.4 Å². The Kier molecular flexibility index (Phi) is 5.03. The molecular formula is C12H26N4. The summed E-state index contributed by atoms with van der Waals surface area (Å²) in [6.07, 6.45) is 2.59. The van der Waals surface area contributed by atoms with Crippen LogP contribution in [-0.4, -0.2) is 75.2 Å². The Balaban J connectivity index is 1.53. The molecule has 94 valence electrons. The van der Waals surface area contributed by atoms with Gasteiger partial charge in [0, 0.05) is 45.3 Å². The quantitative estimate of drug-likeness (QED) is 0.681. The maximum atomic E-state index is 3.68. The van der Waals surface area contributed by atoms with Crippen molar-refractivity contribution in [3.05, 3.63) is 0 Å². The molecule has 0 radical (unpaired) electrons. The van der Waals surface area contributed by atoms with E-state index in [1.807, 2.05) is 0 Å². The van der Waals surface area contributed by atoms with Crippen LogP contribution in [-0.2, 0) is 0 Å². The molecule has 4 heteroatoms. The normalized spacial score (nSPS) is 26.1. The third-order valence-electron chi connectivity index (χ3n) is 3.80. The molecule has 2 aliphatic rings. The topological polar surface area (TPSA) is 30.5 Å². The molecule has 2 rings (SSSR count). The molecule has 0 aromatic rings. The van der Waals surface area contributed by atoms with E-state index in [2.05, 4.69) is 27.5 Å². The minimum absolute atomic E-state index is 0.758. The lowest BCUT2D eigenvalue weighted by Gasteiger charge is -2.33. The molecule has 0 aromatic heterocycles. The lowest BCUT2D eigenvalue weighted by Crippen LogP contribution is -2.48. The van der Waals surface area contributed by atoms with Crippen molar-refractivity contribution in [1.82, 2.24) is 20.4 Å². The summed E-state index contributed by atoms with van der Waals surface area (Å²) in [5, 5.41) is 7.09. The van der Waals surface area contributed by atoms with Crippen LogP contribution in [0.15, 0.2) is 0 Å². The number of nitrogens with zero attached hydrogens (tertiary/aromatic N) is 2. The van der Waals surface area contributed by atoms with Gasteiger partial charge in [-0.3, -0.25) is 4.90 Å². The fraction of sp³-hybridized carbons (Fsp3) is 1.00. The molecule has 16 heavy (non-hydrogen) atoms. The van der Waals surface area contributed by atoms with Crippen molar-refractivity contribution in [2.24, 2.45) is 0 Å². The summed E-state index contributed by atoms with van der Waals surface area (Å²) >= 11 is 0. The van der Waals surface area contributed by atoms with Crippen molar-refractivity contribution in [1.29, 1.82) is 0 Å². The first kappa shape index (κ1) is 12.3. The van der Waals surface area contributed by atoms with Crippen LogP contribution in [0.2, 0.25) is 0 Å². The minimum Gasteiger partial charge on any atom is -0.317 e. The Morgan fingerprint density at radius 3 is 2.50 bits per heavy atom. The predicted molar refractivity (Wildman–Crippen MR) is 67.8 cm³/mol. The summed E-state index contributed by atoms with van der Waals surface area (Å²) in [6, 6.07) is 0.758. The SMILES string of the molecule is CN1CCN(CCNC2CCNCC2)CC1. The molecule has 2 saturated heterocycles. The van der Waals surface area contributed by atoms with Gasteiger partial charge in [0.1, 0.15) is 0 Å². The Morgan fingerprint density at radius 1 is 1.12 bits per heavy atom. The van der Waals surface area contributed by atoms with Gasteiger partial charge < -0.3 is 15.5 Å². The summed E-state index contributed by atoms with van der Waals surface area (Å²) in [5.74, 6) is 0. The van der Waals surface area contributed by atoms with Gasteiger partial charge in [-0.15, -0.1) is 0 Å². The molecule has 0 aromatic carbocycles. The van der Waals surface area contributed by atoms with Crippen molar-refractivity contribution in [3.63, 3.8) is 0 Å². The van der Waals surface area contributed by atoms with E-state index in [1.54, 1.807) is 0 Å². The Hall–Kier alpha value is -0.160. The maximum Gasteiger partial charge on any atom is 0.0110 e. The number of hydrogen-bond acceptors (Lipinski definition) is 4. The highest BCUT2D eigenvalue weighted by Crippen LogP contribution is 2.02. The smallest absolute Gasteiger partial charge is 0.0110 e. The van der Waals surface area contributed by atoms with Crippen LogP contribution in [0.3, 0.4) is 0 Å². The monoisotopic (exact) mass is 226 g/mol. The Bertz CT molecular complexity index is 183. The number of hydrogen-bond donors (Lipinski definition) is 2. The average molecular weight is 226 g/mol. The average Bonchev–Trinajstić information content (AvgIpc) is 2.33. The van der Waals surface area contributed by atoms with E-state index in [-0.39, 0.29) is 0 Å². The maximum absolute atomic E-state index is 3.68. The van der Waals surface area contributed by atoms with Gasteiger partial charge in [-0.2, -0.15) is 0 Å². The third-order valence-corrected chi connectivity index (χ3v) is 3.80. The number of piperazine rings is 1. The van der Waals surface area contributed by atoms with E-state index in [0.29, 0.717) is 0 Å². The minimum atomic E-state index is 0.758. The standard InChI is InChI=1S/C12H26N4/c1-15-8-10-16(11-9-15)7-6-14-12-2-4-13-5-3-12/h12-14H,2-11H2,1H3. The van der Waals surface area contributed by atoms with Crippen LogP contribution in [0.25, 0.3) is 0 Å². The largest absolute Gasteiger partial charge is 0.317 e. The first-order valence-corrected chi connectivity index (χ1v) is 6.69. The number of piperidine rings is 1. The molecule has 2 aliphatic heterocycles. The number of nitrogens with one attached hydrogen (secondary N) is 2. The van der Waals surface area contributed by atoms with Gasteiger partial charge in [0.25, 0.3) is 0 Å². The highest BCUT2D eigenvalue weighted by atomic mass is 15.2. The second-order valence-electron chi connectivity index (χ2n) is 5.12. The van der Waals surface area contributed by atoms with Gasteiger partial charge in [0.05, 0.1) is 0 Å². The van der Waals surface area contributed by atoms with Crippen molar-refractivity contribution >= 4 is 0 Å². The molecule has 0 amide bonds. The van der Waals surface area contributed by atoms with Crippen molar-refractivity contribution in [3.8, 4) is 0 Å². The molecule has 0 aliphatic carbocycles. The van der Waals surface area contributed by atoms with Crippen LogP contribution in [0.4, 0.5) is 0 Å². The zero-order valence-corrected chi connectivity index (χ0v) is 10.5. The van der Waals surface area contributed by atoms with Crippen LogP contribution in [0.5, 0.6) is 0 Å². The molecule has 4 nitrogen and oxygen atoms in total. The van der Waals surface area contributed by atoms with E-state index in [0.717, 1.165) is 12.6 Å². The van der Waals surface area contributed by atoms with Gasteiger partial charge in [0.2, 0.25) is 0 Å². The molecule has 0 unspecified atom stereocenters. The van der Waals surface area contributed by atoms with Gasteiger partial charge in [-0.1, -0.05) is 0 Å². The van der Waals surface area contributed by atoms with E-state index in [1.165, 1.54) is 58.7 Å². The summed E-state index contributed by atoms with van der Waals surface area (Å²) in [4.78, 5) is 4.99. The van der Waals surface area contributed by atoms with E-state index >= 15 is 0 Å². The summed E-state index contributed by atoms with van der Waals surface area (Å²) in [6.45, 7) is 9.69. The molecule has 0 atom stereocenters. The van der Waals surface area contributed by atoms with Gasteiger partial charge in [-0.05, 0) is 33.0 Å². The first-order valence-electron chi connectivity index (χ1n) is 6.69. The van der Waals surface area contributed by atoms with E-state index in [9.17, 15) is 0 Å². The van der Waals surface area contributed by atoms with E-state index < -0.39 is 0 Å². The zero-order chi connectivity index (χ0) is 11.2. The van der Waals surface area contributed by atoms with E-state index in [4.69, 9.17) is 0 Å². The number of rotatable bonds is 4. The highest BCUT2D eigenvalue weighted by molar-refractivity contribution is 4.76.